The second-order valence-electron chi connectivity index (χ2n) is 7.83. The summed E-state index contributed by atoms with van der Waals surface area (Å²) in [7, 11) is 0. The number of rotatable bonds is 4. The minimum absolute atomic E-state index is 0.399. The quantitative estimate of drug-likeness (QED) is 0.643. The molecule has 2 N–H and O–H groups in total. The van der Waals surface area contributed by atoms with Crippen LogP contribution in [0, 0.1) is 13.8 Å². The zero-order valence-corrected chi connectivity index (χ0v) is 17.5. The highest BCUT2D eigenvalue weighted by Crippen LogP contribution is 2.27. The van der Waals surface area contributed by atoms with E-state index in [9.17, 15) is 0 Å². The van der Waals surface area contributed by atoms with Gasteiger partial charge in [-0.3, -0.25) is 0 Å². The number of benzene rings is 2. The van der Waals surface area contributed by atoms with Gasteiger partial charge in [-0.2, -0.15) is 0 Å². The summed E-state index contributed by atoms with van der Waals surface area (Å²) in [6.07, 6.45) is 3.28. The second kappa shape index (κ2) is 8.31. The van der Waals surface area contributed by atoms with Crippen molar-refractivity contribution in [2.45, 2.75) is 39.0 Å². The third-order valence-corrected chi connectivity index (χ3v) is 6.15. The Kier molecular flexibility index (Phi) is 5.62. The van der Waals surface area contributed by atoms with Crippen LogP contribution in [-0.2, 0) is 6.42 Å². The van der Waals surface area contributed by atoms with Crippen molar-refractivity contribution in [2.24, 2.45) is 0 Å². The molecule has 2 heterocycles. The molecular weight excluding hydrogens is 364 g/mol. The van der Waals surface area contributed by atoms with Gasteiger partial charge in [0, 0.05) is 25.6 Å². The number of thiocarbonyl (C=S) groups is 1. The van der Waals surface area contributed by atoms with E-state index in [4.69, 9.17) is 17.2 Å². The van der Waals surface area contributed by atoms with Crippen LogP contribution in [0.15, 0.2) is 42.5 Å². The Labute approximate surface area is 172 Å². The first kappa shape index (κ1) is 18.9. The summed E-state index contributed by atoms with van der Waals surface area (Å²) in [5, 5.41) is 4.31. The van der Waals surface area contributed by atoms with E-state index in [-0.39, 0.29) is 0 Å². The second-order valence-corrected chi connectivity index (χ2v) is 8.22. The van der Waals surface area contributed by atoms with Crippen molar-refractivity contribution in [3.8, 4) is 0 Å². The van der Waals surface area contributed by atoms with E-state index in [1.165, 1.54) is 16.7 Å². The van der Waals surface area contributed by atoms with Crippen LogP contribution >= 0.6 is 12.2 Å². The first-order valence-corrected chi connectivity index (χ1v) is 10.5. The van der Waals surface area contributed by atoms with Crippen molar-refractivity contribution in [2.75, 3.05) is 19.6 Å². The predicted molar refractivity (Wildman–Crippen MR) is 120 cm³/mol. The molecule has 1 aliphatic rings. The first-order valence-electron chi connectivity index (χ1n) is 10.1. The molecule has 28 heavy (non-hydrogen) atoms. The Bertz CT molecular complexity index is 924. The van der Waals surface area contributed by atoms with E-state index >= 15 is 0 Å². The summed E-state index contributed by atoms with van der Waals surface area (Å²) in [6.45, 7) is 7.11. The lowest BCUT2D eigenvalue weighted by atomic mass is 9.98. The van der Waals surface area contributed by atoms with Crippen LogP contribution in [-0.4, -0.2) is 39.6 Å². The fraction of sp³-hybridized carbons (Fsp3) is 0.391. The molecule has 0 aliphatic carbocycles. The number of piperidine rings is 1. The topological polar surface area (TPSA) is 44.0 Å². The summed E-state index contributed by atoms with van der Waals surface area (Å²) in [6, 6.07) is 14.9. The number of hydrogen-bond donors (Lipinski definition) is 2. The average Bonchev–Trinajstić information content (AvgIpc) is 3.12. The van der Waals surface area contributed by atoms with Crippen LogP contribution in [0.5, 0.6) is 0 Å². The van der Waals surface area contributed by atoms with Crippen LogP contribution in [0.1, 0.15) is 41.3 Å². The van der Waals surface area contributed by atoms with E-state index < -0.39 is 0 Å². The maximum Gasteiger partial charge on any atom is 0.168 e. The van der Waals surface area contributed by atoms with Crippen LogP contribution in [0.3, 0.4) is 0 Å². The van der Waals surface area contributed by atoms with Crippen LogP contribution < -0.4 is 5.32 Å². The zero-order chi connectivity index (χ0) is 19.5. The number of nitrogens with zero attached hydrogens (tertiary/aromatic N) is 2. The van der Waals surface area contributed by atoms with Gasteiger partial charge in [-0.1, -0.05) is 30.3 Å². The molecule has 1 aliphatic heterocycles. The SMILES string of the molecule is Cc1cc2nc(C3CCCN(C(=S)NCCc4ccccc4)C3)[nH]c2cc1C. The molecule has 0 bridgehead atoms. The lowest BCUT2D eigenvalue weighted by Crippen LogP contribution is -2.45. The molecule has 0 radical (unpaired) electrons. The van der Waals surface area contributed by atoms with Crippen molar-refractivity contribution < 1.29 is 0 Å². The maximum absolute atomic E-state index is 5.67. The van der Waals surface area contributed by atoms with Gasteiger partial charge in [-0.15, -0.1) is 0 Å². The van der Waals surface area contributed by atoms with Gasteiger partial charge in [0.2, 0.25) is 0 Å². The number of hydrogen-bond acceptors (Lipinski definition) is 2. The Morgan fingerprint density at radius 3 is 2.82 bits per heavy atom. The Hall–Kier alpha value is -2.40. The smallest absolute Gasteiger partial charge is 0.168 e. The lowest BCUT2D eigenvalue weighted by molar-refractivity contribution is 0.300. The molecule has 4 nitrogen and oxygen atoms in total. The third-order valence-electron chi connectivity index (χ3n) is 5.74. The Balaban J connectivity index is 1.38. The van der Waals surface area contributed by atoms with Crippen LogP contribution in [0.25, 0.3) is 11.0 Å². The van der Waals surface area contributed by atoms with Crippen molar-refractivity contribution in [1.29, 1.82) is 0 Å². The molecule has 1 unspecified atom stereocenters. The van der Waals surface area contributed by atoms with Gasteiger partial charge >= 0.3 is 0 Å². The van der Waals surface area contributed by atoms with Crippen LogP contribution in [0.2, 0.25) is 0 Å². The molecular formula is C23H28N4S. The van der Waals surface area contributed by atoms with Crippen LogP contribution in [0.4, 0.5) is 0 Å². The van der Waals surface area contributed by atoms with Gasteiger partial charge in [-0.25, -0.2) is 4.98 Å². The number of likely N-dealkylation sites (tertiary alicyclic amines) is 1. The highest BCUT2D eigenvalue weighted by Gasteiger charge is 2.25. The molecule has 5 heteroatoms. The fourth-order valence-electron chi connectivity index (χ4n) is 3.94. The van der Waals surface area contributed by atoms with Crippen molar-refractivity contribution in [3.05, 3.63) is 65.0 Å². The summed E-state index contributed by atoms with van der Waals surface area (Å²) in [5.41, 5.74) is 6.14. The van der Waals surface area contributed by atoms with Gasteiger partial charge in [0.05, 0.1) is 11.0 Å². The number of aryl methyl sites for hydroxylation is 2. The molecule has 146 valence electrons. The molecule has 1 aromatic heterocycles. The maximum atomic E-state index is 5.67. The Morgan fingerprint density at radius 2 is 2.00 bits per heavy atom. The minimum atomic E-state index is 0.399. The molecule has 0 spiro atoms. The number of imidazole rings is 1. The number of H-pyrrole nitrogens is 1. The van der Waals surface area contributed by atoms with Crippen molar-refractivity contribution in [3.63, 3.8) is 0 Å². The molecule has 1 atom stereocenters. The summed E-state index contributed by atoms with van der Waals surface area (Å²) in [4.78, 5) is 10.7. The number of fused-ring (bicyclic) bond motifs is 1. The monoisotopic (exact) mass is 392 g/mol. The van der Waals surface area contributed by atoms with Crippen molar-refractivity contribution >= 4 is 28.4 Å². The third kappa shape index (κ3) is 4.20. The molecule has 2 aromatic carbocycles. The number of aromatic amines is 1. The van der Waals surface area contributed by atoms with E-state index in [2.05, 4.69) is 71.5 Å². The van der Waals surface area contributed by atoms with Gasteiger partial charge in [-0.05, 0) is 74.2 Å². The number of aromatic nitrogens is 2. The molecule has 1 saturated heterocycles. The van der Waals surface area contributed by atoms with E-state index in [0.29, 0.717) is 5.92 Å². The number of nitrogens with one attached hydrogen (secondary N) is 2. The molecule has 0 saturated carbocycles. The zero-order valence-electron chi connectivity index (χ0n) is 16.7. The summed E-state index contributed by atoms with van der Waals surface area (Å²) >= 11 is 5.67. The average molecular weight is 393 g/mol. The van der Waals surface area contributed by atoms with E-state index in [1.54, 1.807) is 0 Å². The summed E-state index contributed by atoms with van der Waals surface area (Å²) < 4.78 is 0. The fourth-order valence-corrected chi connectivity index (χ4v) is 4.21. The molecule has 4 rings (SSSR count). The summed E-state index contributed by atoms with van der Waals surface area (Å²) in [5.74, 6) is 1.49. The minimum Gasteiger partial charge on any atom is -0.362 e. The Morgan fingerprint density at radius 1 is 1.21 bits per heavy atom. The van der Waals surface area contributed by atoms with Gasteiger partial charge in [0.1, 0.15) is 5.82 Å². The molecule has 3 aromatic rings. The van der Waals surface area contributed by atoms with Crippen molar-refractivity contribution in [1.82, 2.24) is 20.2 Å². The molecule has 0 amide bonds. The highest BCUT2D eigenvalue weighted by molar-refractivity contribution is 7.80. The predicted octanol–water partition coefficient (Wildman–Crippen LogP) is 4.48. The van der Waals surface area contributed by atoms with Gasteiger partial charge in [0.25, 0.3) is 0 Å². The van der Waals surface area contributed by atoms with E-state index in [0.717, 1.165) is 60.9 Å². The largest absolute Gasteiger partial charge is 0.362 e. The van der Waals surface area contributed by atoms with E-state index in [1.807, 2.05) is 0 Å². The highest BCUT2D eigenvalue weighted by atomic mass is 32.1. The lowest BCUT2D eigenvalue weighted by Gasteiger charge is -2.33. The standard InChI is InChI=1S/C23H28N4S/c1-16-13-20-21(14-17(16)2)26-22(25-20)19-9-6-12-27(15-19)23(28)24-11-10-18-7-4-3-5-8-18/h3-5,7-8,13-14,19H,6,9-12,15H2,1-2H3,(H,24,28)(H,25,26). The van der Waals surface area contributed by atoms with Gasteiger partial charge < -0.3 is 15.2 Å². The molecule has 1 fully saturated rings. The van der Waals surface area contributed by atoms with Gasteiger partial charge in [0.15, 0.2) is 5.11 Å². The first-order chi connectivity index (χ1) is 13.6. The normalized spacial score (nSPS) is 17.1.